The van der Waals surface area contributed by atoms with Gasteiger partial charge in [-0.25, -0.2) is 13.1 Å². The lowest BCUT2D eigenvalue weighted by molar-refractivity contribution is 0.305. The highest BCUT2D eigenvalue weighted by Gasteiger charge is 2.17. The van der Waals surface area contributed by atoms with Gasteiger partial charge >= 0.3 is 0 Å². The number of rotatable bonds is 6. The quantitative estimate of drug-likeness (QED) is 0.788. The average molecular weight is 295 g/mol. The van der Waals surface area contributed by atoms with E-state index < -0.39 is 10.0 Å². The van der Waals surface area contributed by atoms with Crippen molar-refractivity contribution in [1.82, 2.24) is 4.72 Å². The third kappa shape index (κ3) is 4.97. The zero-order chi connectivity index (χ0) is 15.0. The zero-order valence-corrected chi connectivity index (χ0v) is 12.7. The van der Waals surface area contributed by atoms with Gasteiger partial charge in [-0.15, -0.1) is 0 Å². The monoisotopic (exact) mass is 295 g/mol. The third-order valence-electron chi connectivity index (χ3n) is 2.92. The van der Waals surface area contributed by atoms with E-state index in [4.69, 9.17) is 5.11 Å². The molecule has 1 rings (SSSR count). The number of hydrogen-bond donors (Lipinski definition) is 2. The maximum Gasteiger partial charge on any atom is 0.240 e. The fourth-order valence-electron chi connectivity index (χ4n) is 1.70. The summed E-state index contributed by atoms with van der Waals surface area (Å²) in [6.45, 7) is 3.90. The molecule has 1 aromatic rings. The molecule has 0 unspecified atom stereocenters. The van der Waals surface area contributed by atoms with Crippen molar-refractivity contribution >= 4 is 10.0 Å². The van der Waals surface area contributed by atoms with Crippen LogP contribution in [0.25, 0.3) is 0 Å². The normalized spacial score (nSPS) is 11.2. The maximum atomic E-state index is 12.2. The Morgan fingerprint density at radius 2 is 2.00 bits per heavy atom. The summed E-state index contributed by atoms with van der Waals surface area (Å²) in [6, 6.07) is 6.48. The average Bonchev–Trinajstić information content (AvgIpc) is 2.45. The second kappa shape index (κ2) is 8.05. The minimum atomic E-state index is -3.50. The van der Waals surface area contributed by atoms with Crippen molar-refractivity contribution in [3.63, 3.8) is 0 Å². The Labute approximate surface area is 121 Å². The Kier molecular flexibility index (Phi) is 6.73. The standard InChI is InChI=1S/C15H21NO3S/c1-3-14(4-2)16-20(18,19)15-10-7-9-13(12-15)8-5-6-11-17/h7,9-10,12,14,16-17H,3-4,6,11H2,1-2H3. The summed E-state index contributed by atoms with van der Waals surface area (Å²) in [4.78, 5) is 0.222. The third-order valence-corrected chi connectivity index (χ3v) is 4.44. The number of aliphatic hydroxyl groups is 1. The Hall–Kier alpha value is -1.35. The number of aliphatic hydroxyl groups excluding tert-OH is 1. The van der Waals surface area contributed by atoms with Gasteiger partial charge in [0.2, 0.25) is 10.0 Å². The van der Waals surface area contributed by atoms with E-state index >= 15 is 0 Å². The summed E-state index contributed by atoms with van der Waals surface area (Å²) in [5.74, 6) is 5.62. The van der Waals surface area contributed by atoms with Crippen LogP contribution >= 0.6 is 0 Å². The van der Waals surface area contributed by atoms with Crippen LogP contribution in [-0.4, -0.2) is 26.2 Å². The van der Waals surface area contributed by atoms with Crippen molar-refractivity contribution in [3.05, 3.63) is 29.8 Å². The highest BCUT2D eigenvalue weighted by molar-refractivity contribution is 7.89. The summed E-state index contributed by atoms with van der Waals surface area (Å²) >= 11 is 0. The summed E-state index contributed by atoms with van der Waals surface area (Å²) in [5, 5.41) is 8.67. The summed E-state index contributed by atoms with van der Waals surface area (Å²) < 4.78 is 27.2. The van der Waals surface area contributed by atoms with E-state index in [0.29, 0.717) is 12.0 Å². The Balaban J connectivity index is 2.96. The van der Waals surface area contributed by atoms with Crippen molar-refractivity contribution in [3.8, 4) is 11.8 Å². The van der Waals surface area contributed by atoms with Crippen molar-refractivity contribution < 1.29 is 13.5 Å². The van der Waals surface area contributed by atoms with Gasteiger partial charge in [-0.1, -0.05) is 31.8 Å². The van der Waals surface area contributed by atoms with Gasteiger partial charge in [0.25, 0.3) is 0 Å². The molecule has 0 radical (unpaired) electrons. The van der Waals surface area contributed by atoms with Gasteiger partial charge in [0, 0.05) is 18.0 Å². The Bertz CT molecular complexity index is 581. The zero-order valence-electron chi connectivity index (χ0n) is 11.9. The van der Waals surface area contributed by atoms with Crippen LogP contribution in [0.3, 0.4) is 0 Å². The smallest absolute Gasteiger partial charge is 0.240 e. The van der Waals surface area contributed by atoms with Crippen LogP contribution in [0.4, 0.5) is 0 Å². The first-order valence-electron chi connectivity index (χ1n) is 6.75. The summed E-state index contributed by atoms with van der Waals surface area (Å²) in [6.07, 6.45) is 1.89. The molecule has 5 heteroatoms. The summed E-state index contributed by atoms with van der Waals surface area (Å²) in [5.41, 5.74) is 0.630. The van der Waals surface area contributed by atoms with E-state index in [-0.39, 0.29) is 17.5 Å². The number of sulfonamides is 1. The van der Waals surface area contributed by atoms with Crippen molar-refractivity contribution in [1.29, 1.82) is 0 Å². The van der Waals surface area contributed by atoms with Gasteiger partial charge in [-0.3, -0.25) is 0 Å². The molecule has 0 atom stereocenters. The molecule has 0 spiro atoms. The van der Waals surface area contributed by atoms with E-state index in [0.717, 1.165) is 12.8 Å². The van der Waals surface area contributed by atoms with Gasteiger partial charge in [0.05, 0.1) is 11.5 Å². The second-order valence-electron chi connectivity index (χ2n) is 4.44. The lowest BCUT2D eigenvalue weighted by Gasteiger charge is -2.15. The van der Waals surface area contributed by atoms with Crippen LogP contribution in [0, 0.1) is 11.8 Å². The van der Waals surface area contributed by atoms with Crippen LogP contribution in [0.15, 0.2) is 29.2 Å². The number of benzene rings is 1. The highest BCUT2D eigenvalue weighted by Crippen LogP contribution is 2.12. The van der Waals surface area contributed by atoms with Crippen molar-refractivity contribution in [2.75, 3.05) is 6.61 Å². The first kappa shape index (κ1) is 16.7. The molecule has 0 amide bonds. The predicted octanol–water partition coefficient (Wildman–Crippen LogP) is 1.89. The minimum absolute atomic E-state index is 0.00122. The van der Waals surface area contributed by atoms with Crippen molar-refractivity contribution in [2.45, 2.75) is 44.0 Å². The molecule has 0 fully saturated rings. The molecule has 0 aliphatic carbocycles. The summed E-state index contributed by atoms with van der Waals surface area (Å²) in [7, 11) is -3.50. The van der Waals surface area contributed by atoms with Crippen LogP contribution < -0.4 is 4.72 Å². The largest absolute Gasteiger partial charge is 0.395 e. The van der Waals surface area contributed by atoms with Gasteiger partial charge in [-0.2, -0.15) is 0 Å². The van der Waals surface area contributed by atoms with Crippen LogP contribution in [-0.2, 0) is 10.0 Å². The molecule has 4 nitrogen and oxygen atoms in total. The van der Waals surface area contributed by atoms with Crippen LogP contribution in [0.5, 0.6) is 0 Å². The van der Waals surface area contributed by atoms with E-state index in [9.17, 15) is 8.42 Å². The molecule has 0 aliphatic rings. The van der Waals surface area contributed by atoms with E-state index in [1.807, 2.05) is 13.8 Å². The fourth-order valence-corrected chi connectivity index (χ4v) is 3.15. The fraction of sp³-hybridized carbons (Fsp3) is 0.467. The van der Waals surface area contributed by atoms with E-state index in [1.54, 1.807) is 24.3 Å². The SMILES string of the molecule is CCC(CC)NS(=O)(=O)c1cccc(C#CCCO)c1. The van der Waals surface area contributed by atoms with Crippen LogP contribution in [0.1, 0.15) is 38.7 Å². The predicted molar refractivity (Wildman–Crippen MR) is 79.7 cm³/mol. The number of nitrogens with one attached hydrogen (secondary N) is 1. The van der Waals surface area contributed by atoms with Crippen LogP contribution in [0.2, 0.25) is 0 Å². The molecule has 1 aromatic carbocycles. The topological polar surface area (TPSA) is 66.4 Å². The molecule has 0 saturated carbocycles. The molecule has 20 heavy (non-hydrogen) atoms. The molecule has 2 N–H and O–H groups in total. The second-order valence-corrected chi connectivity index (χ2v) is 6.15. The Morgan fingerprint density at radius 3 is 2.60 bits per heavy atom. The van der Waals surface area contributed by atoms with E-state index in [2.05, 4.69) is 16.6 Å². The van der Waals surface area contributed by atoms with Gasteiger partial charge < -0.3 is 5.11 Å². The van der Waals surface area contributed by atoms with E-state index in [1.165, 1.54) is 0 Å². The Morgan fingerprint density at radius 1 is 1.30 bits per heavy atom. The van der Waals surface area contributed by atoms with Gasteiger partial charge in [0.15, 0.2) is 0 Å². The van der Waals surface area contributed by atoms with Gasteiger partial charge in [0.1, 0.15) is 0 Å². The molecule has 0 saturated heterocycles. The molecule has 0 aliphatic heterocycles. The highest BCUT2D eigenvalue weighted by atomic mass is 32.2. The molecule has 0 bridgehead atoms. The van der Waals surface area contributed by atoms with Crippen molar-refractivity contribution in [2.24, 2.45) is 0 Å². The lowest BCUT2D eigenvalue weighted by atomic mass is 10.2. The molecule has 0 heterocycles. The minimum Gasteiger partial charge on any atom is -0.395 e. The molecule has 110 valence electrons. The lowest BCUT2D eigenvalue weighted by Crippen LogP contribution is -2.33. The first-order chi connectivity index (χ1) is 9.53. The molecular weight excluding hydrogens is 274 g/mol. The van der Waals surface area contributed by atoms with Gasteiger partial charge in [-0.05, 0) is 31.0 Å². The molecule has 0 aromatic heterocycles. The number of hydrogen-bond acceptors (Lipinski definition) is 3. The maximum absolute atomic E-state index is 12.2. The first-order valence-corrected chi connectivity index (χ1v) is 8.24. The molecular formula is C15H21NO3S.